The van der Waals surface area contributed by atoms with Gasteiger partial charge in [0, 0.05) is 6.04 Å². The Kier molecular flexibility index (Phi) is 5.36. The highest BCUT2D eigenvalue weighted by Crippen LogP contribution is 2.07. The van der Waals surface area contributed by atoms with Crippen LogP contribution in [0.4, 0.5) is 0 Å². The van der Waals surface area contributed by atoms with Gasteiger partial charge in [-0.1, -0.05) is 18.2 Å². The standard InChI is InChI=1S/C12H17NO3/c1-10(13)9-12(14)16-8-7-15-11-5-3-2-4-6-11/h2-6,10H,7-9,13H2,1H3. The third kappa shape index (κ3) is 5.36. The van der Waals surface area contributed by atoms with Gasteiger partial charge in [0.25, 0.3) is 0 Å². The molecule has 0 aliphatic carbocycles. The topological polar surface area (TPSA) is 61.6 Å². The van der Waals surface area contributed by atoms with Gasteiger partial charge in [0.05, 0.1) is 6.42 Å². The van der Waals surface area contributed by atoms with E-state index in [0.29, 0.717) is 6.61 Å². The van der Waals surface area contributed by atoms with Crippen molar-refractivity contribution in [3.8, 4) is 5.75 Å². The highest BCUT2D eigenvalue weighted by atomic mass is 16.6. The number of benzene rings is 1. The van der Waals surface area contributed by atoms with E-state index in [1.807, 2.05) is 30.3 Å². The highest BCUT2D eigenvalue weighted by Gasteiger charge is 2.05. The highest BCUT2D eigenvalue weighted by molar-refractivity contribution is 5.69. The van der Waals surface area contributed by atoms with E-state index in [9.17, 15) is 4.79 Å². The van der Waals surface area contributed by atoms with Gasteiger partial charge >= 0.3 is 5.97 Å². The third-order valence-corrected chi connectivity index (χ3v) is 1.85. The molecule has 0 spiro atoms. The number of carbonyl (C=O) groups is 1. The fourth-order valence-electron chi connectivity index (χ4n) is 1.15. The molecule has 1 aromatic carbocycles. The summed E-state index contributed by atoms with van der Waals surface area (Å²) in [4.78, 5) is 11.1. The molecule has 0 saturated heterocycles. The second kappa shape index (κ2) is 6.85. The van der Waals surface area contributed by atoms with Gasteiger partial charge in [0.15, 0.2) is 0 Å². The number of hydrogen-bond donors (Lipinski definition) is 1. The smallest absolute Gasteiger partial charge is 0.307 e. The molecular weight excluding hydrogens is 206 g/mol. The molecule has 0 aromatic heterocycles. The van der Waals surface area contributed by atoms with Crippen LogP contribution in [0.2, 0.25) is 0 Å². The van der Waals surface area contributed by atoms with Crippen molar-refractivity contribution in [2.75, 3.05) is 13.2 Å². The van der Waals surface area contributed by atoms with Gasteiger partial charge in [-0.15, -0.1) is 0 Å². The minimum atomic E-state index is -0.285. The van der Waals surface area contributed by atoms with Crippen molar-refractivity contribution in [2.45, 2.75) is 19.4 Å². The van der Waals surface area contributed by atoms with Gasteiger partial charge in [0.1, 0.15) is 19.0 Å². The Morgan fingerprint density at radius 3 is 2.62 bits per heavy atom. The average molecular weight is 223 g/mol. The van der Waals surface area contributed by atoms with Crippen molar-refractivity contribution < 1.29 is 14.3 Å². The first-order valence-electron chi connectivity index (χ1n) is 5.27. The Labute approximate surface area is 95.3 Å². The molecule has 1 unspecified atom stereocenters. The summed E-state index contributed by atoms with van der Waals surface area (Å²) in [5.41, 5.74) is 5.46. The predicted molar refractivity (Wildman–Crippen MR) is 61.2 cm³/mol. The van der Waals surface area contributed by atoms with Crippen LogP contribution in [0.25, 0.3) is 0 Å². The lowest BCUT2D eigenvalue weighted by Gasteiger charge is -2.08. The van der Waals surface area contributed by atoms with Crippen LogP contribution >= 0.6 is 0 Å². The molecule has 0 aliphatic heterocycles. The van der Waals surface area contributed by atoms with Crippen LogP contribution in [-0.2, 0) is 9.53 Å². The SMILES string of the molecule is CC(N)CC(=O)OCCOc1ccccc1. The van der Waals surface area contributed by atoms with Crippen LogP contribution in [0.5, 0.6) is 5.75 Å². The van der Waals surface area contributed by atoms with E-state index in [4.69, 9.17) is 15.2 Å². The number of ether oxygens (including phenoxy) is 2. The molecule has 0 fully saturated rings. The maximum absolute atomic E-state index is 11.1. The van der Waals surface area contributed by atoms with Crippen LogP contribution in [0, 0.1) is 0 Å². The molecule has 0 amide bonds. The van der Waals surface area contributed by atoms with Crippen molar-refractivity contribution in [1.82, 2.24) is 0 Å². The van der Waals surface area contributed by atoms with Crippen LogP contribution in [0.1, 0.15) is 13.3 Å². The molecule has 4 nitrogen and oxygen atoms in total. The zero-order valence-corrected chi connectivity index (χ0v) is 9.39. The monoisotopic (exact) mass is 223 g/mol. The summed E-state index contributed by atoms with van der Waals surface area (Å²) in [7, 11) is 0. The van der Waals surface area contributed by atoms with Crippen LogP contribution in [0.15, 0.2) is 30.3 Å². The lowest BCUT2D eigenvalue weighted by Crippen LogP contribution is -2.22. The Bertz CT molecular complexity index is 311. The number of rotatable bonds is 6. The fourth-order valence-corrected chi connectivity index (χ4v) is 1.15. The van der Waals surface area contributed by atoms with E-state index >= 15 is 0 Å². The minimum Gasteiger partial charge on any atom is -0.490 e. The summed E-state index contributed by atoms with van der Waals surface area (Å²) in [5.74, 6) is 0.484. The van der Waals surface area contributed by atoms with Crippen LogP contribution in [0.3, 0.4) is 0 Å². The molecule has 88 valence electrons. The molecule has 0 aliphatic rings. The van der Waals surface area contributed by atoms with E-state index in [1.165, 1.54) is 0 Å². The van der Waals surface area contributed by atoms with Crippen molar-refractivity contribution in [2.24, 2.45) is 5.73 Å². The molecule has 1 atom stereocenters. The summed E-state index contributed by atoms with van der Waals surface area (Å²) in [6, 6.07) is 9.22. The second-order valence-corrected chi connectivity index (χ2v) is 3.56. The van der Waals surface area contributed by atoms with Crippen molar-refractivity contribution in [3.05, 3.63) is 30.3 Å². The molecule has 0 heterocycles. The molecule has 1 rings (SSSR count). The van der Waals surface area contributed by atoms with E-state index in [-0.39, 0.29) is 25.0 Å². The normalized spacial score (nSPS) is 11.9. The number of hydrogen-bond acceptors (Lipinski definition) is 4. The lowest BCUT2D eigenvalue weighted by molar-refractivity contribution is -0.144. The number of para-hydroxylation sites is 1. The minimum absolute atomic E-state index is 0.164. The second-order valence-electron chi connectivity index (χ2n) is 3.56. The average Bonchev–Trinajstić information content (AvgIpc) is 2.25. The first kappa shape index (κ1) is 12.5. The predicted octanol–water partition coefficient (Wildman–Crippen LogP) is 1.35. The van der Waals surface area contributed by atoms with E-state index in [1.54, 1.807) is 6.92 Å². The van der Waals surface area contributed by atoms with Gasteiger partial charge < -0.3 is 15.2 Å². The van der Waals surface area contributed by atoms with Crippen molar-refractivity contribution in [3.63, 3.8) is 0 Å². The summed E-state index contributed by atoms with van der Waals surface area (Å²) >= 11 is 0. The summed E-state index contributed by atoms with van der Waals surface area (Å²) in [5, 5.41) is 0. The first-order valence-corrected chi connectivity index (χ1v) is 5.27. The van der Waals surface area contributed by atoms with Gasteiger partial charge in [0.2, 0.25) is 0 Å². The van der Waals surface area contributed by atoms with Crippen molar-refractivity contribution >= 4 is 5.97 Å². The Balaban J connectivity index is 2.10. The zero-order chi connectivity index (χ0) is 11.8. The molecule has 0 radical (unpaired) electrons. The third-order valence-electron chi connectivity index (χ3n) is 1.85. The van der Waals surface area contributed by atoms with Gasteiger partial charge in [-0.25, -0.2) is 0 Å². The summed E-state index contributed by atoms with van der Waals surface area (Å²) in [6.07, 6.45) is 0.241. The molecule has 1 aromatic rings. The van der Waals surface area contributed by atoms with Crippen LogP contribution in [-0.4, -0.2) is 25.2 Å². The van der Waals surface area contributed by atoms with E-state index < -0.39 is 0 Å². The lowest BCUT2D eigenvalue weighted by atomic mass is 10.3. The first-order chi connectivity index (χ1) is 7.68. The zero-order valence-electron chi connectivity index (χ0n) is 9.39. The number of nitrogens with two attached hydrogens (primary N) is 1. The van der Waals surface area contributed by atoms with Crippen molar-refractivity contribution in [1.29, 1.82) is 0 Å². The Morgan fingerprint density at radius 2 is 2.00 bits per heavy atom. The van der Waals surface area contributed by atoms with Gasteiger partial charge in [-0.2, -0.15) is 0 Å². The molecule has 0 saturated carbocycles. The Morgan fingerprint density at radius 1 is 1.31 bits per heavy atom. The largest absolute Gasteiger partial charge is 0.490 e. The number of carbonyl (C=O) groups excluding carboxylic acids is 1. The van der Waals surface area contributed by atoms with Gasteiger partial charge in [-0.05, 0) is 19.1 Å². The fraction of sp³-hybridized carbons (Fsp3) is 0.417. The summed E-state index contributed by atoms with van der Waals surface area (Å²) in [6.45, 7) is 2.37. The van der Waals surface area contributed by atoms with E-state index in [2.05, 4.69) is 0 Å². The summed E-state index contributed by atoms with van der Waals surface area (Å²) < 4.78 is 10.3. The molecule has 2 N–H and O–H groups in total. The molecule has 4 heteroatoms. The molecule has 16 heavy (non-hydrogen) atoms. The maximum atomic E-state index is 11.1. The van der Waals surface area contributed by atoms with Crippen LogP contribution < -0.4 is 10.5 Å². The molecular formula is C12H17NO3. The van der Waals surface area contributed by atoms with E-state index in [0.717, 1.165) is 5.75 Å². The molecule has 0 bridgehead atoms. The number of esters is 1. The maximum Gasteiger partial charge on any atom is 0.307 e. The Hall–Kier alpha value is -1.55. The quantitative estimate of drug-likeness (QED) is 0.584. The van der Waals surface area contributed by atoms with Gasteiger partial charge in [-0.3, -0.25) is 4.79 Å².